The summed E-state index contributed by atoms with van der Waals surface area (Å²) in [6.45, 7) is 0.619. The molecule has 0 atom stereocenters. The Morgan fingerprint density at radius 3 is 2.26 bits per heavy atom. The van der Waals surface area contributed by atoms with Crippen molar-refractivity contribution in [2.24, 2.45) is 0 Å². The molecule has 0 aliphatic heterocycles. The highest BCUT2D eigenvalue weighted by Gasteiger charge is 2.05. The fourth-order valence-corrected chi connectivity index (χ4v) is 2.09. The topological polar surface area (TPSA) is 70.2 Å². The molecule has 0 aliphatic carbocycles. The van der Waals surface area contributed by atoms with E-state index < -0.39 is 6.03 Å². The number of rotatable bonds is 5. The Hall–Kier alpha value is -2.24. The van der Waals surface area contributed by atoms with Gasteiger partial charge in [-0.3, -0.25) is 4.79 Å². The van der Waals surface area contributed by atoms with E-state index in [-0.39, 0.29) is 5.91 Å². The zero-order valence-corrected chi connectivity index (χ0v) is 13.6. The third kappa shape index (κ3) is 5.47. The van der Waals surface area contributed by atoms with Crippen molar-refractivity contribution in [3.8, 4) is 0 Å². The predicted molar refractivity (Wildman–Crippen MR) is 92.3 cm³/mol. The summed E-state index contributed by atoms with van der Waals surface area (Å²) in [5.41, 5.74) is 1.11. The van der Waals surface area contributed by atoms with Gasteiger partial charge in [-0.1, -0.05) is 41.4 Å². The van der Waals surface area contributed by atoms with Crippen molar-refractivity contribution < 1.29 is 9.59 Å². The van der Waals surface area contributed by atoms with Gasteiger partial charge in [-0.05, 0) is 30.3 Å². The molecule has 3 amide bonds. The van der Waals surface area contributed by atoms with Crippen molar-refractivity contribution in [2.75, 3.05) is 18.4 Å². The number of benzene rings is 2. The van der Waals surface area contributed by atoms with Crippen LogP contribution in [0.5, 0.6) is 0 Å². The second kappa shape index (κ2) is 8.41. The normalized spacial score (nSPS) is 10.0. The minimum absolute atomic E-state index is 0.183. The van der Waals surface area contributed by atoms with Gasteiger partial charge in [0.2, 0.25) is 0 Å². The number of amides is 3. The fraction of sp³-hybridized carbons (Fsp3) is 0.125. The zero-order valence-electron chi connectivity index (χ0n) is 12.1. The second-order valence-electron chi connectivity index (χ2n) is 4.63. The monoisotopic (exact) mass is 351 g/mol. The number of hydrogen-bond acceptors (Lipinski definition) is 2. The summed E-state index contributed by atoms with van der Waals surface area (Å²) >= 11 is 11.7. The molecule has 0 unspecified atom stereocenters. The Bertz CT molecular complexity index is 693. The van der Waals surface area contributed by atoms with Crippen molar-refractivity contribution in [1.82, 2.24) is 10.6 Å². The molecule has 0 aromatic heterocycles. The molecular formula is C16H15Cl2N3O2. The Morgan fingerprint density at radius 1 is 0.870 bits per heavy atom. The van der Waals surface area contributed by atoms with Crippen LogP contribution in [0.4, 0.5) is 10.5 Å². The van der Waals surface area contributed by atoms with Crippen LogP contribution in [0, 0.1) is 0 Å². The molecule has 7 heteroatoms. The molecule has 0 fully saturated rings. The molecule has 2 aromatic carbocycles. The molecule has 0 saturated carbocycles. The van der Waals surface area contributed by atoms with Gasteiger partial charge >= 0.3 is 6.03 Å². The molecule has 120 valence electrons. The Balaban J connectivity index is 1.70. The van der Waals surface area contributed by atoms with E-state index >= 15 is 0 Å². The SMILES string of the molecule is O=C(NCCNC(=O)c1ccccc1)Nc1ccc(Cl)c(Cl)c1. The van der Waals surface area contributed by atoms with Crippen LogP contribution in [-0.2, 0) is 0 Å². The minimum Gasteiger partial charge on any atom is -0.350 e. The van der Waals surface area contributed by atoms with Crippen LogP contribution in [0.25, 0.3) is 0 Å². The first-order valence-corrected chi connectivity index (χ1v) is 7.65. The van der Waals surface area contributed by atoms with Crippen LogP contribution in [0.1, 0.15) is 10.4 Å². The summed E-state index contributed by atoms with van der Waals surface area (Å²) in [4.78, 5) is 23.5. The summed E-state index contributed by atoms with van der Waals surface area (Å²) < 4.78 is 0. The highest BCUT2D eigenvalue weighted by atomic mass is 35.5. The lowest BCUT2D eigenvalue weighted by atomic mass is 10.2. The standard InChI is InChI=1S/C16H15Cl2N3O2/c17-13-7-6-12(10-14(13)18)21-16(23)20-9-8-19-15(22)11-4-2-1-3-5-11/h1-7,10H,8-9H2,(H,19,22)(H2,20,21,23). The van der Waals surface area contributed by atoms with Crippen LogP contribution < -0.4 is 16.0 Å². The molecule has 0 bridgehead atoms. The molecular weight excluding hydrogens is 337 g/mol. The summed E-state index contributed by atoms with van der Waals surface area (Å²) in [7, 11) is 0. The number of hydrogen-bond donors (Lipinski definition) is 3. The van der Waals surface area contributed by atoms with Gasteiger partial charge in [0, 0.05) is 24.3 Å². The van der Waals surface area contributed by atoms with Crippen LogP contribution >= 0.6 is 23.2 Å². The maximum Gasteiger partial charge on any atom is 0.319 e. The van der Waals surface area contributed by atoms with Gasteiger partial charge in [-0.2, -0.15) is 0 Å². The van der Waals surface area contributed by atoms with E-state index in [1.165, 1.54) is 0 Å². The van der Waals surface area contributed by atoms with Gasteiger partial charge in [-0.15, -0.1) is 0 Å². The molecule has 0 heterocycles. The van der Waals surface area contributed by atoms with Gasteiger partial charge < -0.3 is 16.0 Å². The van der Waals surface area contributed by atoms with Crippen LogP contribution in [0.15, 0.2) is 48.5 Å². The molecule has 0 aliphatic rings. The maximum atomic E-state index is 11.8. The summed E-state index contributed by atoms with van der Waals surface area (Å²) in [5.74, 6) is -0.183. The van der Waals surface area contributed by atoms with Crippen molar-refractivity contribution in [2.45, 2.75) is 0 Å². The molecule has 23 heavy (non-hydrogen) atoms. The third-order valence-electron chi connectivity index (χ3n) is 2.91. The van der Waals surface area contributed by atoms with Crippen LogP contribution in [0.2, 0.25) is 10.0 Å². The average Bonchev–Trinajstić information content (AvgIpc) is 2.55. The highest BCUT2D eigenvalue weighted by Crippen LogP contribution is 2.24. The van der Waals surface area contributed by atoms with Gasteiger partial charge in [-0.25, -0.2) is 4.79 Å². The van der Waals surface area contributed by atoms with Crippen molar-refractivity contribution in [1.29, 1.82) is 0 Å². The van der Waals surface area contributed by atoms with Gasteiger partial charge in [0.25, 0.3) is 5.91 Å². The Morgan fingerprint density at radius 2 is 1.57 bits per heavy atom. The van der Waals surface area contributed by atoms with E-state index in [9.17, 15) is 9.59 Å². The Labute approximate surface area is 144 Å². The maximum absolute atomic E-state index is 11.8. The Kier molecular flexibility index (Phi) is 6.26. The molecule has 0 radical (unpaired) electrons. The first-order chi connectivity index (χ1) is 11.1. The van der Waals surface area contributed by atoms with E-state index in [4.69, 9.17) is 23.2 Å². The van der Waals surface area contributed by atoms with Crippen molar-refractivity contribution in [3.05, 3.63) is 64.1 Å². The molecule has 0 saturated heterocycles. The average molecular weight is 352 g/mol. The number of nitrogens with one attached hydrogen (secondary N) is 3. The van der Waals surface area contributed by atoms with E-state index in [1.54, 1.807) is 42.5 Å². The number of halogens is 2. The van der Waals surface area contributed by atoms with Crippen molar-refractivity contribution in [3.63, 3.8) is 0 Å². The molecule has 3 N–H and O–H groups in total. The van der Waals surface area contributed by atoms with Gasteiger partial charge in [0.15, 0.2) is 0 Å². The van der Waals surface area contributed by atoms with E-state index in [0.29, 0.717) is 34.4 Å². The lowest BCUT2D eigenvalue weighted by Crippen LogP contribution is -2.36. The number of anilines is 1. The summed E-state index contributed by atoms with van der Waals surface area (Å²) in [6, 6.07) is 13.3. The lowest BCUT2D eigenvalue weighted by Gasteiger charge is -2.09. The number of carbonyl (C=O) groups excluding carboxylic acids is 2. The van der Waals surface area contributed by atoms with Gasteiger partial charge in [0.1, 0.15) is 0 Å². The number of carbonyl (C=O) groups is 2. The van der Waals surface area contributed by atoms with Crippen molar-refractivity contribution >= 4 is 40.8 Å². The first-order valence-electron chi connectivity index (χ1n) is 6.89. The first kappa shape index (κ1) is 17.1. The van der Waals surface area contributed by atoms with E-state index in [1.807, 2.05) is 6.07 Å². The fourth-order valence-electron chi connectivity index (χ4n) is 1.79. The molecule has 5 nitrogen and oxygen atoms in total. The van der Waals surface area contributed by atoms with Crippen LogP contribution in [0.3, 0.4) is 0 Å². The summed E-state index contributed by atoms with van der Waals surface area (Å²) in [5, 5.41) is 8.75. The minimum atomic E-state index is -0.391. The third-order valence-corrected chi connectivity index (χ3v) is 3.65. The smallest absolute Gasteiger partial charge is 0.319 e. The molecule has 0 spiro atoms. The lowest BCUT2D eigenvalue weighted by molar-refractivity contribution is 0.0954. The van der Waals surface area contributed by atoms with E-state index in [0.717, 1.165) is 0 Å². The molecule has 2 aromatic rings. The predicted octanol–water partition coefficient (Wildman–Crippen LogP) is 3.54. The van der Waals surface area contributed by atoms with Gasteiger partial charge in [0.05, 0.1) is 10.0 Å². The molecule has 2 rings (SSSR count). The van der Waals surface area contributed by atoms with Crippen LogP contribution in [-0.4, -0.2) is 25.0 Å². The quantitative estimate of drug-likeness (QED) is 0.721. The largest absolute Gasteiger partial charge is 0.350 e. The van der Waals surface area contributed by atoms with E-state index in [2.05, 4.69) is 16.0 Å². The number of urea groups is 1. The second-order valence-corrected chi connectivity index (χ2v) is 5.45. The zero-order chi connectivity index (χ0) is 16.7. The highest BCUT2D eigenvalue weighted by molar-refractivity contribution is 6.42. The summed E-state index contributed by atoms with van der Waals surface area (Å²) in [6.07, 6.45) is 0.